The van der Waals surface area contributed by atoms with E-state index in [1.807, 2.05) is 6.26 Å². The molecule has 0 atom stereocenters. The van der Waals surface area contributed by atoms with E-state index in [1.54, 1.807) is 12.1 Å². The molecule has 6 heteroatoms. The van der Waals surface area contributed by atoms with Crippen LogP contribution in [0.3, 0.4) is 0 Å². The molecule has 0 aliphatic heterocycles. The summed E-state index contributed by atoms with van der Waals surface area (Å²) in [6, 6.07) is 4.49. The van der Waals surface area contributed by atoms with Crippen LogP contribution < -0.4 is 11.1 Å². The molecule has 17 heavy (non-hydrogen) atoms. The molecule has 1 aromatic carbocycles. The van der Waals surface area contributed by atoms with Crippen LogP contribution in [-0.4, -0.2) is 22.9 Å². The normalized spacial score (nSPS) is 10.0. The molecule has 3 N–H and O–H groups in total. The lowest BCUT2D eigenvalue weighted by Crippen LogP contribution is -2.25. The van der Waals surface area contributed by atoms with Gasteiger partial charge in [-0.3, -0.25) is 4.79 Å². The van der Waals surface area contributed by atoms with Gasteiger partial charge in [0.05, 0.1) is 5.75 Å². The molecule has 0 aliphatic carbocycles. The molecule has 92 valence electrons. The Morgan fingerprint density at radius 3 is 2.82 bits per heavy atom. The number of nitrogens with one attached hydrogen (secondary N) is 1. The number of amides is 1. The van der Waals surface area contributed by atoms with Crippen LogP contribution in [-0.2, 0) is 11.3 Å². The summed E-state index contributed by atoms with van der Waals surface area (Å²) >= 11 is 6.16. The fraction of sp³-hybridized carbons (Fsp3) is 0.273. The van der Waals surface area contributed by atoms with Gasteiger partial charge in [-0.15, -0.1) is 0 Å². The molecule has 0 saturated heterocycles. The fourth-order valence-corrected chi connectivity index (χ4v) is 1.71. The third-order valence-corrected chi connectivity index (χ3v) is 2.88. The Morgan fingerprint density at radius 2 is 2.29 bits per heavy atom. The van der Waals surface area contributed by atoms with E-state index in [9.17, 15) is 9.18 Å². The van der Waals surface area contributed by atoms with Gasteiger partial charge in [0.2, 0.25) is 5.91 Å². The number of carbonyl (C=O) groups is 1. The number of thiocarbonyl (C=S) groups is 1. The second-order valence-electron chi connectivity index (χ2n) is 3.38. The minimum Gasteiger partial charge on any atom is -0.389 e. The summed E-state index contributed by atoms with van der Waals surface area (Å²) in [5, 5.41) is 2.63. The number of carbonyl (C=O) groups excluding carboxylic acids is 1. The van der Waals surface area contributed by atoms with Crippen molar-refractivity contribution in [3.8, 4) is 0 Å². The van der Waals surface area contributed by atoms with Crippen molar-refractivity contribution in [3.05, 3.63) is 35.1 Å². The zero-order valence-electron chi connectivity index (χ0n) is 9.33. The van der Waals surface area contributed by atoms with Crippen molar-refractivity contribution in [2.75, 3.05) is 12.0 Å². The number of benzene rings is 1. The van der Waals surface area contributed by atoms with Crippen LogP contribution in [0, 0.1) is 5.82 Å². The Hall–Kier alpha value is -1.14. The van der Waals surface area contributed by atoms with Crippen LogP contribution in [0.15, 0.2) is 18.2 Å². The first-order chi connectivity index (χ1) is 8.04. The number of thioether (sulfide) groups is 1. The summed E-state index contributed by atoms with van der Waals surface area (Å²) in [6.45, 7) is 0.169. The monoisotopic (exact) mass is 272 g/mol. The topological polar surface area (TPSA) is 55.1 Å². The van der Waals surface area contributed by atoms with Crippen molar-refractivity contribution < 1.29 is 9.18 Å². The summed E-state index contributed by atoms with van der Waals surface area (Å²) in [4.78, 5) is 11.4. The number of halogens is 1. The summed E-state index contributed by atoms with van der Waals surface area (Å²) < 4.78 is 13.6. The quantitative estimate of drug-likeness (QED) is 0.796. The molecular weight excluding hydrogens is 259 g/mol. The summed E-state index contributed by atoms with van der Waals surface area (Å²) in [5.74, 6) is -0.165. The van der Waals surface area contributed by atoms with Gasteiger partial charge in [-0.05, 0) is 12.3 Å². The van der Waals surface area contributed by atoms with E-state index >= 15 is 0 Å². The fourth-order valence-electron chi connectivity index (χ4n) is 1.22. The minimum absolute atomic E-state index is 0.115. The average Bonchev–Trinajstić information content (AvgIpc) is 2.27. The summed E-state index contributed by atoms with van der Waals surface area (Å²) in [7, 11) is 0. The van der Waals surface area contributed by atoms with Crippen LogP contribution in [0.2, 0.25) is 0 Å². The van der Waals surface area contributed by atoms with Crippen molar-refractivity contribution in [2.45, 2.75) is 6.54 Å². The second kappa shape index (κ2) is 6.56. The maximum absolute atomic E-state index is 13.6. The van der Waals surface area contributed by atoms with E-state index in [1.165, 1.54) is 17.8 Å². The molecular formula is C11H13FN2OS2. The zero-order chi connectivity index (χ0) is 12.8. The maximum Gasteiger partial charge on any atom is 0.230 e. The minimum atomic E-state index is -0.417. The van der Waals surface area contributed by atoms with Crippen molar-refractivity contribution in [1.82, 2.24) is 5.32 Å². The molecule has 0 fully saturated rings. The highest BCUT2D eigenvalue weighted by Crippen LogP contribution is 2.10. The highest BCUT2D eigenvalue weighted by molar-refractivity contribution is 7.99. The molecule has 0 bridgehead atoms. The van der Waals surface area contributed by atoms with E-state index in [0.717, 1.165) is 0 Å². The lowest BCUT2D eigenvalue weighted by molar-refractivity contribution is -0.118. The lowest BCUT2D eigenvalue weighted by Gasteiger charge is -2.07. The number of hydrogen-bond acceptors (Lipinski definition) is 3. The molecule has 3 nitrogen and oxygen atoms in total. The average molecular weight is 272 g/mol. The Kier molecular flexibility index (Phi) is 5.37. The largest absolute Gasteiger partial charge is 0.389 e. The first-order valence-electron chi connectivity index (χ1n) is 4.88. The molecule has 0 aromatic heterocycles. The standard InChI is InChI=1S/C11H13FN2OS2/c1-17-6-10(15)14-5-8-3-2-7(11(13)16)4-9(8)12/h2-4H,5-6H2,1H3,(H2,13,16)(H,14,15). The number of nitrogens with two attached hydrogens (primary N) is 1. The lowest BCUT2D eigenvalue weighted by atomic mass is 10.1. The van der Waals surface area contributed by atoms with Gasteiger partial charge in [0.1, 0.15) is 10.8 Å². The maximum atomic E-state index is 13.6. The van der Waals surface area contributed by atoms with Crippen molar-refractivity contribution in [2.24, 2.45) is 5.73 Å². The molecule has 0 heterocycles. The van der Waals surface area contributed by atoms with Crippen LogP contribution in [0.1, 0.15) is 11.1 Å². The van der Waals surface area contributed by atoms with Gasteiger partial charge in [0, 0.05) is 17.7 Å². The predicted octanol–water partition coefficient (Wildman–Crippen LogP) is 1.44. The van der Waals surface area contributed by atoms with Gasteiger partial charge in [0.25, 0.3) is 0 Å². The van der Waals surface area contributed by atoms with Crippen molar-refractivity contribution in [3.63, 3.8) is 0 Å². The molecule has 0 unspecified atom stereocenters. The SMILES string of the molecule is CSCC(=O)NCc1ccc(C(N)=S)cc1F. The van der Waals surface area contributed by atoms with Crippen LogP contribution in [0.4, 0.5) is 4.39 Å². The third-order valence-electron chi connectivity index (χ3n) is 2.09. The van der Waals surface area contributed by atoms with Crippen molar-refractivity contribution >= 4 is 34.9 Å². The van der Waals surface area contributed by atoms with E-state index in [-0.39, 0.29) is 17.4 Å². The van der Waals surface area contributed by atoms with Gasteiger partial charge in [-0.2, -0.15) is 11.8 Å². The molecule has 1 amide bonds. The van der Waals surface area contributed by atoms with Gasteiger partial charge in [-0.25, -0.2) is 4.39 Å². The summed E-state index contributed by atoms with van der Waals surface area (Å²) in [6.07, 6.45) is 1.83. The first kappa shape index (κ1) is 13.9. The Morgan fingerprint density at radius 1 is 1.59 bits per heavy atom. The van der Waals surface area contributed by atoms with Crippen LogP contribution in [0.25, 0.3) is 0 Å². The van der Waals surface area contributed by atoms with Crippen LogP contribution in [0.5, 0.6) is 0 Å². The molecule has 0 saturated carbocycles. The van der Waals surface area contributed by atoms with Crippen LogP contribution >= 0.6 is 24.0 Å². The van der Waals surface area contributed by atoms with Gasteiger partial charge in [-0.1, -0.05) is 24.4 Å². The Bertz CT molecular complexity index is 437. The molecule has 0 spiro atoms. The molecule has 1 aromatic rings. The van der Waals surface area contributed by atoms with Crippen molar-refractivity contribution in [1.29, 1.82) is 0 Å². The van der Waals surface area contributed by atoms with Gasteiger partial charge >= 0.3 is 0 Å². The predicted molar refractivity (Wildman–Crippen MR) is 72.5 cm³/mol. The Labute approximate surface area is 109 Å². The third kappa shape index (κ3) is 4.32. The highest BCUT2D eigenvalue weighted by atomic mass is 32.2. The van der Waals surface area contributed by atoms with E-state index < -0.39 is 5.82 Å². The number of hydrogen-bond donors (Lipinski definition) is 2. The van der Waals surface area contributed by atoms with E-state index in [0.29, 0.717) is 16.9 Å². The van der Waals surface area contributed by atoms with Gasteiger partial charge in [0.15, 0.2) is 0 Å². The highest BCUT2D eigenvalue weighted by Gasteiger charge is 2.06. The first-order valence-corrected chi connectivity index (χ1v) is 6.68. The molecule has 0 radical (unpaired) electrons. The summed E-state index contributed by atoms with van der Waals surface area (Å²) in [5.41, 5.74) is 6.29. The van der Waals surface area contributed by atoms with E-state index in [2.05, 4.69) is 5.32 Å². The molecule has 0 aliphatic rings. The zero-order valence-corrected chi connectivity index (χ0v) is 11.0. The van der Waals surface area contributed by atoms with Gasteiger partial charge < -0.3 is 11.1 Å². The number of rotatable bonds is 5. The van der Waals surface area contributed by atoms with E-state index in [4.69, 9.17) is 18.0 Å². The molecule has 1 rings (SSSR count). The Balaban J connectivity index is 2.66. The second-order valence-corrected chi connectivity index (χ2v) is 4.69. The smallest absolute Gasteiger partial charge is 0.230 e.